The van der Waals surface area contributed by atoms with E-state index in [1.807, 2.05) is 13.8 Å². The highest BCUT2D eigenvalue weighted by molar-refractivity contribution is 6.07. The molecule has 3 fully saturated rings. The smallest absolute Gasteiger partial charge is 0.329 e. The van der Waals surface area contributed by atoms with E-state index in [9.17, 15) is 19.2 Å². The van der Waals surface area contributed by atoms with Crippen molar-refractivity contribution in [2.24, 2.45) is 11.8 Å². The number of likely N-dealkylation sites (tertiary alicyclic amines) is 1. The number of hydrogen-bond acceptors (Lipinski definition) is 6. The van der Waals surface area contributed by atoms with Crippen LogP contribution in [0.15, 0.2) is 0 Å². The number of imide groups is 1. The molecule has 132 valence electrons. The number of carbonyl (C=O) groups excluding carboxylic acids is 3. The van der Waals surface area contributed by atoms with E-state index in [4.69, 9.17) is 14.6 Å². The van der Waals surface area contributed by atoms with Gasteiger partial charge in [0, 0.05) is 6.54 Å². The Morgan fingerprint density at radius 3 is 2.75 bits per heavy atom. The quantitative estimate of drug-likeness (QED) is 0.613. The minimum absolute atomic E-state index is 0.117. The van der Waals surface area contributed by atoms with Crippen molar-refractivity contribution in [3.63, 3.8) is 0 Å². The summed E-state index contributed by atoms with van der Waals surface area (Å²) in [6, 6.07) is -0.564. The number of fused-ring (bicyclic) bond motifs is 3. The molecule has 3 heterocycles. The Labute approximate surface area is 138 Å². The Morgan fingerprint density at radius 1 is 1.38 bits per heavy atom. The Balaban J connectivity index is 1.83. The van der Waals surface area contributed by atoms with Crippen LogP contribution in [-0.4, -0.2) is 71.2 Å². The first-order valence-corrected chi connectivity index (χ1v) is 7.84. The highest BCUT2D eigenvalue weighted by atomic mass is 16.5. The van der Waals surface area contributed by atoms with Gasteiger partial charge < -0.3 is 19.5 Å². The Hall–Kier alpha value is -2.00. The number of aliphatic carboxylic acids is 1. The second-order valence-electron chi connectivity index (χ2n) is 6.92. The highest BCUT2D eigenvalue weighted by Crippen LogP contribution is 2.47. The van der Waals surface area contributed by atoms with Crippen LogP contribution < -0.4 is 5.32 Å². The molecule has 0 unspecified atom stereocenters. The molecular formula is C15H20N2O7. The second kappa shape index (κ2) is 5.82. The van der Waals surface area contributed by atoms with E-state index < -0.39 is 60.6 Å². The van der Waals surface area contributed by atoms with Gasteiger partial charge in [0.25, 0.3) is 5.91 Å². The number of nitrogens with zero attached hydrogens (tertiary/aromatic N) is 1. The fourth-order valence-electron chi connectivity index (χ4n) is 4.22. The first-order chi connectivity index (χ1) is 11.2. The van der Waals surface area contributed by atoms with Gasteiger partial charge >= 0.3 is 5.97 Å². The van der Waals surface area contributed by atoms with Gasteiger partial charge in [-0.05, 0) is 19.3 Å². The topological polar surface area (TPSA) is 122 Å². The maximum absolute atomic E-state index is 12.5. The van der Waals surface area contributed by atoms with E-state index in [1.54, 1.807) is 0 Å². The first-order valence-electron chi connectivity index (χ1n) is 7.84. The number of amides is 3. The van der Waals surface area contributed by atoms with Crippen LogP contribution in [0, 0.1) is 11.8 Å². The molecule has 9 heteroatoms. The lowest BCUT2D eigenvalue weighted by molar-refractivity contribution is -0.157. The van der Waals surface area contributed by atoms with Gasteiger partial charge in [0.05, 0.1) is 17.6 Å². The summed E-state index contributed by atoms with van der Waals surface area (Å²) in [4.78, 5) is 48.6. The van der Waals surface area contributed by atoms with Crippen molar-refractivity contribution >= 4 is 23.7 Å². The molecule has 3 aliphatic rings. The van der Waals surface area contributed by atoms with E-state index in [2.05, 4.69) is 5.32 Å². The highest BCUT2D eigenvalue weighted by Gasteiger charge is 2.65. The van der Waals surface area contributed by atoms with Crippen LogP contribution in [0.3, 0.4) is 0 Å². The standard InChI is InChI=1S/C15H20N2O7/c1-7-3-15(2)12(10-11(24-15)14(22)16-13(10)21)17(4-7)8(18)5-23-6-9(19)20/h7,10-12H,3-6H2,1-2H3,(H,19,20)(H,16,21,22)/t7-,10-,11-,12-,15-/m0/s1. The van der Waals surface area contributed by atoms with Gasteiger partial charge in [-0.3, -0.25) is 19.7 Å². The summed E-state index contributed by atoms with van der Waals surface area (Å²) in [7, 11) is 0. The lowest BCUT2D eigenvalue weighted by Gasteiger charge is -2.47. The number of carbonyl (C=O) groups is 4. The molecule has 24 heavy (non-hydrogen) atoms. The van der Waals surface area contributed by atoms with E-state index >= 15 is 0 Å². The van der Waals surface area contributed by atoms with Gasteiger partial charge in [-0.2, -0.15) is 0 Å². The van der Waals surface area contributed by atoms with E-state index in [0.717, 1.165) is 0 Å². The number of carboxylic acid groups (broad SMARTS) is 1. The number of rotatable bonds is 4. The van der Waals surface area contributed by atoms with Gasteiger partial charge in [0.1, 0.15) is 13.2 Å². The molecule has 0 saturated carbocycles. The lowest BCUT2D eigenvalue weighted by atomic mass is 9.77. The summed E-state index contributed by atoms with van der Waals surface area (Å²) in [5.41, 5.74) is -0.789. The fraction of sp³-hybridized carbons (Fsp3) is 0.733. The third-order valence-corrected chi connectivity index (χ3v) is 4.87. The van der Waals surface area contributed by atoms with Crippen molar-refractivity contribution in [3.05, 3.63) is 0 Å². The number of ether oxygens (including phenoxy) is 2. The van der Waals surface area contributed by atoms with Gasteiger partial charge in [-0.1, -0.05) is 6.92 Å². The van der Waals surface area contributed by atoms with Gasteiger partial charge in [0.2, 0.25) is 11.8 Å². The molecule has 0 spiro atoms. The van der Waals surface area contributed by atoms with Crippen LogP contribution in [0.1, 0.15) is 20.3 Å². The molecule has 3 amide bonds. The van der Waals surface area contributed by atoms with Crippen molar-refractivity contribution in [1.82, 2.24) is 10.2 Å². The zero-order chi connectivity index (χ0) is 17.6. The molecule has 0 aliphatic carbocycles. The first kappa shape index (κ1) is 16.8. The molecule has 3 saturated heterocycles. The fourth-order valence-corrected chi connectivity index (χ4v) is 4.22. The second-order valence-corrected chi connectivity index (χ2v) is 6.92. The molecule has 2 N–H and O–H groups in total. The summed E-state index contributed by atoms with van der Waals surface area (Å²) < 4.78 is 10.8. The van der Waals surface area contributed by atoms with Crippen molar-refractivity contribution in [1.29, 1.82) is 0 Å². The summed E-state index contributed by atoms with van der Waals surface area (Å²) in [5.74, 6) is -3.09. The predicted octanol–water partition coefficient (Wildman–Crippen LogP) is -1.25. The van der Waals surface area contributed by atoms with Gasteiger partial charge in [-0.15, -0.1) is 0 Å². The molecule has 0 aromatic heterocycles. The minimum atomic E-state index is -1.16. The normalized spacial score (nSPS) is 37.8. The Bertz CT molecular complexity index is 607. The summed E-state index contributed by atoms with van der Waals surface area (Å²) in [6.45, 7) is 3.21. The summed E-state index contributed by atoms with van der Waals surface area (Å²) in [5, 5.41) is 10.8. The zero-order valence-corrected chi connectivity index (χ0v) is 13.5. The molecular weight excluding hydrogens is 320 g/mol. The van der Waals surface area contributed by atoms with Crippen LogP contribution in [0.2, 0.25) is 0 Å². The SMILES string of the molecule is C[C@@H]1CN(C(=O)COCC(=O)O)[C@H]2[C@H]3C(=O)NC(=O)[C@H]3O[C@@]2(C)C1. The lowest BCUT2D eigenvalue weighted by Crippen LogP contribution is -2.61. The summed E-state index contributed by atoms with van der Waals surface area (Å²) >= 11 is 0. The molecule has 5 atom stereocenters. The van der Waals surface area contributed by atoms with Crippen LogP contribution in [-0.2, 0) is 28.7 Å². The van der Waals surface area contributed by atoms with E-state index in [1.165, 1.54) is 4.90 Å². The van der Waals surface area contributed by atoms with Crippen LogP contribution in [0.5, 0.6) is 0 Å². The van der Waals surface area contributed by atoms with Crippen LogP contribution >= 0.6 is 0 Å². The molecule has 9 nitrogen and oxygen atoms in total. The Kier molecular flexibility index (Phi) is 4.08. The van der Waals surface area contributed by atoms with E-state index in [-0.39, 0.29) is 5.92 Å². The molecule has 3 aliphatic heterocycles. The number of carboxylic acids is 1. The van der Waals surface area contributed by atoms with Gasteiger partial charge in [0.15, 0.2) is 6.10 Å². The largest absolute Gasteiger partial charge is 0.480 e. The summed E-state index contributed by atoms with van der Waals surface area (Å²) in [6.07, 6.45) is -0.251. The Morgan fingerprint density at radius 2 is 2.08 bits per heavy atom. The molecule has 0 aromatic rings. The van der Waals surface area contributed by atoms with Crippen molar-refractivity contribution < 1.29 is 33.8 Å². The predicted molar refractivity (Wildman–Crippen MR) is 77.7 cm³/mol. The monoisotopic (exact) mass is 340 g/mol. The van der Waals surface area contributed by atoms with Crippen LogP contribution in [0.25, 0.3) is 0 Å². The van der Waals surface area contributed by atoms with Crippen molar-refractivity contribution in [2.45, 2.75) is 38.0 Å². The maximum atomic E-state index is 12.5. The van der Waals surface area contributed by atoms with Gasteiger partial charge in [-0.25, -0.2) is 4.79 Å². The van der Waals surface area contributed by atoms with Crippen molar-refractivity contribution in [3.8, 4) is 0 Å². The zero-order valence-electron chi connectivity index (χ0n) is 13.5. The van der Waals surface area contributed by atoms with Crippen LogP contribution in [0.4, 0.5) is 0 Å². The van der Waals surface area contributed by atoms with Crippen molar-refractivity contribution in [2.75, 3.05) is 19.8 Å². The van der Waals surface area contributed by atoms with E-state index in [0.29, 0.717) is 13.0 Å². The minimum Gasteiger partial charge on any atom is -0.480 e. The number of piperidine rings is 1. The average Bonchev–Trinajstić information content (AvgIpc) is 2.91. The number of nitrogens with one attached hydrogen (secondary N) is 1. The third kappa shape index (κ3) is 2.67. The third-order valence-electron chi connectivity index (χ3n) is 4.87. The molecule has 0 aromatic carbocycles. The molecule has 0 radical (unpaired) electrons. The maximum Gasteiger partial charge on any atom is 0.329 e. The average molecular weight is 340 g/mol. The molecule has 0 bridgehead atoms. The number of hydrogen-bond donors (Lipinski definition) is 2. The molecule has 3 rings (SSSR count).